The Morgan fingerprint density at radius 2 is 1.04 bits per heavy atom. The molecule has 2 atom stereocenters. The minimum atomic E-state index is -4.38. The van der Waals surface area contributed by atoms with E-state index in [-0.39, 0.29) is 32.6 Å². The average molecular weight is 770 g/mol. The molecule has 3 N–H and O–H groups in total. The number of unbranched alkanes of at least 4 members (excludes halogenated alkanes) is 21. The lowest BCUT2D eigenvalue weighted by atomic mass is 10.0. The van der Waals surface area contributed by atoms with Crippen molar-refractivity contribution in [3.05, 3.63) is 36.5 Å². The number of hydrogen-bond donors (Lipinski definition) is 2. The molecule has 0 aliphatic heterocycles. The van der Waals surface area contributed by atoms with Crippen LogP contribution in [0.1, 0.15) is 194 Å². The Kier molecular flexibility index (Phi) is 38.6. The van der Waals surface area contributed by atoms with E-state index in [2.05, 4.69) is 50.3 Å². The second-order valence-corrected chi connectivity index (χ2v) is 15.6. The van der Waals surface area contributed by atoms with Gasteiger partial charge < -0.3 is 20.1 Å². The molecule has 0 aromatic heterocycles. The van der Waals surface area contributed by atoms with Crippen LogP contribution in [0.15, 0.2) is 36.5 Å². The number of phosphoric ester groups is 1. The van der Waals surface area contributed by atoms with Gasteiger partial charge in [0.15, 0.2) is 6.10 Å². The monoisotopic (exact) mass is 770 g/mol. The third kappa shape index (κ3) is 39.7. The summed E-state index contributed by atoms with van der Waals surface area (Å²) in [6.45, 7) is 3.61. The normalized spacial score (nSPS) is 13.7. The number of carbonyl (C=O) groups is 2. The molecule has 0 aliphatic carbocycles. The smallest absolute Gasteiger partial charge is 0.462 e. The van der Waals surface area contributed by atoms with Crippen LogP contribution in [-0.2, 0) is 32.7 Å². The molecule has 0 bridgehead atoms. The molecule has 0 aliphatic rings. The molecule has 0 heterocycles. The van der Waals surface area contributed by atoms with Gasteiger partial charge in [0.1, 0.15) is 6.61 Å². The van der Waals surface area contributed by atoms with E-state index >= 15 is 0 Å². The lowest BCUT2D eigenvalue weighted by Gasteiger charge is -2.19. The summed E-state index contributed by atoms with van der Waals surface area (Å²) in [6, 6.07) is 0. The van der Waals surface area contributed by atoms with E-state index in [1.165, 1.54) is 89.9 Å². The predicted molar refractivity (Wildman–Crippen MR) is 220 cm³/mol. The van der Waals surface area contributed by atoms with E-state index in [9.17, 15) is 19.0 Å². The highest BCUT2D eigenvalue weighted by Crippen LogP contribution is 2.43. The summed E-state index contributed by atoms with van der Waals surface area (Å²) in [4.78, 5) is 34.8. The van der Waals surface area contributed by atoms with Crippen LogP contribution in [0.2, 0.25) is 0 Å². The summed E-state index contributed by atoms with van der Waals surface area (Å²) in [5.74, 6) is -0.843. The number of allylic oxidation sites excluding steroid dienone is 6. The molecule has 0 fully saturated rings. The van der Waals surface area contributed by atoms with Crippen molar-refractivity contribution in [2.45, 2.75) is 200 Å². The average Bonchev–Trinajstić information content (AvgIpc) is 3.14. The van der Waals surface area contributed by atoms with Gasteiger partial charge in [0, 0.05) is 19.4 Å². The van der Waals surface area contributed by atoms with Crippen LogP contribution in [0.25, 0.3) is 0 Å². The molecule has 310 valence electrons. The van der Waals surface area contributed by atoms with E-state index in [1.54, 1.807) is 0 Å². The number of esters is 2. The Morgan fingerprint density at radius 3 is 1.55 bits per heavy atom. The number of nitrogens with two attached hydrogens (primary N) is 1. The molecule has 0 amide bonds. The fourth-order valence-electron chi connectivity index (χ4n) is 5.88. The zero-order chi connectivity index (χ0) is 38.9. The minimum absolute atomic E-state index is 0.0514. The van der Waals surface area contributed by atoms with Gasteiger partial charge in [-0.2, -0.15) is 0 Å². The summed E-state index contributed by atoms with van der Waals surface area (Å²) in [5, 5.41) is 0. The van der Waals surface area contributed by atoms with Gasteiger partial charge in [0.05, 0.1) is 13.2 Å². The largest absolute Gasteiger partial charge is 0.472 e. The van der Waals surface area contributed by atoms with Crippen molar-refractivity contribution in [1.29, 1.82) is 0 Å². The van der Waals surface area contributed by atoms with Crippen molar-refractivity contribution in [1.82, 2.24) is 0 Å². The molecule has 2 unspecified atom stereocenters. The van der Waals surface area contributed by atoms with Gasteiger partial charge in [-0.25, -0.2) is 4.57 Å². The summed E-state index contributed by atoms with van der Waals surface area (Å²) in [5.41, 5.74) is 5.34. The van der Waals surface area contributed by atoms with E-state index in [0.29, 0.717) is 12.8 Å². The van der Waals surface area contributed by atoms with Crippen molar-refractivity contribution in [3.63, 3.8) is 0 Å². The van der Waals surface area contributed by atoms with Gasteiger partial charge in [-0.15, -0.1) is 0 Å². The van der Waals surface area contributed by atoms with Crippen LogP contribution in [0.3, 0.4) is 0 Å². The molecule has 10 heteroatoms. The van der Waals surface area contributed by atoms with E-state index < -0.39 is 32.5 Å². The fraction of sp³-hybridized carbons (Fsp3) is 0.814. The van der Waals surface area contributed by atoms with E-state index in [1.807, 2.05) is 0 Å². The minimum Gasteiger partial charge on any atom is -0.462 e. The maximum absolute atomic E-state index is 12.6. The highest BCUT2D eigenvalue weighted by atomic mass is 31.2. The standard InChI is InChI=1S/C43H80NO8P/c1-3-5-7-9-11-13-15-17-19-20-22-24-26-28-30-32-34-36-43(46)52-41(40-51-53(47,48)50-38-37-44)39-49-42(45)35-33-31-29-27-25-23-21-18-16-14-12-10-8-6-4-2/h6,8,12,14,18,21,41H,3-5,7,9-11,13,15-17,19-20,22-40,44H2,1-2H3,(H,47,48). The first-order chi connectivity index (χ1) is 25.8. The predicted octanol–water partition coefficient (Wildman–Crippen LogP) is 12.2. The number of rotatable bonds is 40. The van der Waals surface area contributed by atoms with Crippen LogP contribution in [-0.4, -0.2) is 49.3 Å². The first-order valence-electron chi connectivity index (χ1n) is 21.5. The molecule has 53 heavy (non-hydrogen) atoms. The highest BCUT2D eigenvalue weighted by Gasteiger charge is 2.26. The molecule has 0 aromatic carbocycles. The summed E-state index contributed by atoms with van der Waals surface area (Å²) >= 11 is 0. The first-order valence-corrected chi connectivity index (χ1v) is 23.0. The summed E-state index contributed by atoms with van der Waals surface area (Å²) < 4.78 is 32.8. The van der Waals surface area contributed by atoms with Crippen molar-refractivity contribution >= 4 is 19.8 Å². The Balaban J connectivity index is 4.16. The number of carbonyl (C=O) groups excluding carboxylic acids is 2. The zero-order valence-corrected chi connectivity index (χ0v) is 34.9. The Hall–Kier alpha value is -1.77. The Morgan fingerprint density at radius 1 is 0.585 bits per heavy atom. The van der Waals surface area contributed by atoms with Gasteiger partial charge in [0.25, 0.3) is 0 Å². The first kappa shape index (κ1) is 51.2. The molecule has 0 aromatic rings. The van der Waals surface area contributed by atoms with Crippen molar-refractivity contribution in [2.24, 2.45) is 5.73 Å². The third-order valence-electron chi connectivity index (χ3n) is 9.04. The summed E-state index contributed by atoms with van der Waals surface area (Å²) in [7, 11) is -4.38. The third-order valence-corrected chi connectivity index (χ3v) is 10.0. The Labute approximate surface area is 324 Å². The van der Waals surface area contributed by atoms with Gasteiger partial charge in [-0.3, -0.25) is 18.6 Å². The SMILES string of the molecule is CCC=CCC=CCC=CCCCCCCCC(=O)OCC(COP(=O)(O)OCCN)OC(=O)CCCCCCCCCCCCCCCCCCC. The zero-order valence-electron chi connectivity index (χ0n) is 34.0. The number of phosphoric acid groups is 1. The molecular weight excluding hydrogens is 689 g/mol. The lowest BCUT2D eigenvalue weighted by Crippen LogP contribution is -2.29. The van der Waals surface area contributed by atoms with Gasteiger partial charge in [-0.05, 0) is 44.9 Å². The molecule has 0 radical (unpaired) electrons. The molecule has 0 saturated heterocycles. The van der Waals surface area contributed by atoms with Crippen LogP contribution < -0.4 is 5.73 Å². The molecule has 0 saturated carbocycles. The summed E-state index contributed by atoms with van der Waals surface area (Å²) in [6.07, 6.45) is 43.1. The highest BCUT2D eigenvalue weighted by molar-refractivity contribution is 7.47. The maximum Gasteiger partial charge on any atom is 0.472 e. The Bertz CT molecular complexity index is 970. The van der Waals surface area contributed by atoms with Crippen LogP contribution in [0.4, 0.5) is 0 Å². The molecule has 0 spiro atoms. The maximum atomic E-state index is 12.6. The molecular formula is C43H80NO8P. The lowest BCUT2D eigenvalue weighted by molar-refractivity contribution is -0.161. The van der Waals surface area contributed by atoms with E-state index in [4.69, 9.17) is 24.3 Å². The topological polar surface area (TPSA) is 134 Å². The van der Waals surface area contributed by atoms with Crippen LogP contribution in [0, 0.1) is 0 Å². The quantitative estimate of drug-likeness (QED) is 0.0270. The van der Waals surface area contributed by atoms with Crippen LogP contribution in [0.5, 0.6) is 0 Å². The number of hydrogen-bond acceptors (Lipinski definition) is 8. The van der Waals surface area contributed by atoms with Crippen LogP contribution >= 0.6 is 7.82 Å². The van der Waals surface area contributed by atoms with Crippen molar-refractivity contribution in [2.75, 3.05) is 26.4 Å². The molecule has 0 rings (SSSR count). The second kappa shape index (κ2) is 39.9. The van der Waals surface area contributed by atoms with Gasteiger partial charge >= 0.3 is 19.8 Å². The molecule has 9 nitrogen and oxygen atoms in total. The second-order valence-electron chi connectivity index (χ2n) is 14.2. The fourth-order valence-corrected chi connectivity index (χ4v) is 6.65. The van der Waals surface area contributed by atoms with Crippen molar-refractivity contribution < 1.29 is 37.6 Å². The van der Waals surface area contributed by atoms with Gasteiger partial charge in [0.2, 0.25) is 0 Å². The van der Waals surface area contributed by atoms with E-state index in [0.717, 1.165) is 64.2 Å². The number of ether oxygens (including phenoxy) is 2. The van der Waals surface area contributed by atoms with Crippen molar-refractivity contribution in [3.8, 4) is 0 Å². The van der Waals surface area contributed by atoms with Gasteiger partial charge in [-0.1, -0.05) is 172 Å².